The fourth-order valence-corrected chi connectivity index (χ4v) is 12.1. The van der Waals surface area contributed by atoms with Gasteiger partial charge in [0.05, 0.1) is 58.5 Å². The van der Waals surface area contributed by atoms with Crippen molar-refractivity contribution < 1.29 is 0 Å². The molecule has 0 amide bonds. The van der Waals surface area contributed by atoms with Crippen LogP contribution in [0, 0.1) is 22.7 Å². The highest BCUT2D eigenvalue weighted by molar-refractivity contribution is 8.02. The topological polar surface area (TPSA) is 97.4 Å². The van der Waals surface area contributed by atoms with Crippen molar-refractivity contribution in [2.24, 2.45) is 0 Å². The van der Waals surface area contributed by atoms with Crippen LogP contribution in [-0.4, -0.2) is 8.75 Å². The molecule has 0 spiro atoms. The van der Waals surface area contributed by atoms with E-state index in [2.05, 4.69) is 84.0 Å². The number of nitriles is 2. The largest absolute Gasteiger partial charge is 0.309 e. The van der Waals surface area contributed by atoms with E-state index in [1.54, 1.807) is 22.7 Å². The minimum Gasteiger partial charge on any atom is -0.309 e. The van der Waals surface area contributed by atoms with E-state index in [1.165, 1.54) is 149 Å². The number of benzene rings is 3. The van der Waals surface area contributed by atoms with Crippen molar-refractivity contribution >= 4 is 68.9 Å². The van der Waals surface area contributed by atoms with Gasteiger partial charge in [-0.1, -0.05) is 142 Å². The van der Waals surface area contributed by atoms with E-state index in [4.69, 9.17) is 8.75 Å². The third kappa shape index (κ3) is 11.7. The lowest BCUT2D eigenvalue weighted by Crippen LogP contribution is -1.92. The number of aryl methyl sites for hydroxylation is 2. The molecule has 62 heavy (non-hydrogen) atoms. The van der Waals surface area contributed by atoms with Crippen LogP contribution in [0.5, 0.6) is 0 Å². The molecular formula is C52H62N6S4. The number of anilines is 2. The van der Waals surface area contributed by atoms with Gasteiger partial charge in [0.2, 0.25) is 0 Å². The minimum atomic E-state index is 0.790. The lowest BCUT2D eigenvalue weighted by Gasteiger charge is -2.11. The summed E-state index contributed by atoms with van der Waals surface area (Å²) in [6.45, 7) is 4.55. The quantitative estimate of drug-likeness (QED) is 0.0413. The zero-order valence-electron chi connectivity index (χ0n) is 36.8. The third-order valence-electron chi connectivity index (χ3n) is 12.3. The second kappa shape index (κ2) is 24.0. The molecule has 0 saturated heterocycles. The second-order valence-electron chi connectivity index (χ2n) is 16.9. The van der Waals surface area contributed by atoms with Crippen molar-refractivity contribution in [3.63, 3.8) is 0 Å². The van der Waals surface area contributed by atoms with E-state index in [9.17, 15) is 10.5 Å². The Morgan fingerprint density at radius 3 is 1.23 bits per heavy atom. The van der Waals surface area contributed by atoms with Gasteiger partial charge in [-0.2, -0.15) is 19.3 Å². The van der Waals surface area contributed by atoms with Crippen LogP contribution in [0.3, 0.4) is 0 Å². The third-order valence-corrected chi connectivity index (χ3v) is 15.8. The SMILES string of the molecule is CCCCCCCCCCCCc1cc(-c2ccc(-c3c4c(c(-c5ccc(-c6ccc(C#N)c(CCCCCCCCCCCC)c6)s5)c5nsnc35)NSN4)s2)ccc1C#N. The molecule has 0 fully saturated rings. The Bertz CT molecular complexity index is 2280. The van der Waals surface area contributed by atoms with Crippen LogP contribution in [0.2, 0.25) is 0 Å². The number of nitrogens with zero attached hydrogens (tertiary/aromatic N) is 4. The van der Waals surface area contributed by atoms with Crippen LogP contribution in [-0.2, 0) is 12.8 Å². The maximum Gasteiger partial charge on any atom is 0.116 e. The molecule has 4 heterocycles. The van der Waals surface area contributed by atoms with Gasteiger partial charge in [-0.3, -0.25) is 0 Å². The average molecular weight is 899 g/mol. The summed E-state index contributed by atoms with van der Waals surface area (Å²) >= 11 is 6.28. The van der Waals surface area contributed by atoms with Gasteiger partial charge in [-0.05, 0) is 96.5 Å². The Labute approximate surface area is 387 Å². The molecule has 0 aliphatic carbocycles. The normalized spacial score (nSPS) is 12.0. The van der Waals surface area contributed by atoms with Crippen LogP contribution in [0.4, 0.5) is 11.4 Å². The molecule has 1 aliphatic rings. The number of hydrogen-bond donors (Lipinski definition) is 2. The van der Waals surface area contributed by atoms with Gasteiger partial charge in [0.25, 0.3) is 0 Å². The van der Waals surface area contributed by atoms with Crippen LogP contribution in [0.1, 0.15) is 165 Å². The first-order valence-corrected chi connectivity index (χ1v) is 26.6. The molecule has 0 saturated carbocycles. The number of thiophene rings is 2. The Morgan fingerprint density at radius 1 is 0.468 bits per heavy atom. The Morgan fingerprint density at radius 2 is 0.839 bits per heavy atom. The van der Waals surface area contributed by atoms with Gasteiger partial charge >= 0.3 is 0 Å². The summed E-state index contributed by atoms with van der Waals surface area (Å²) in [5.74, 6) is 0. The van der Waals surface area contributed by atoms with E-state index in [0.29, 0.717) is 0 Å². The van der Waals surface area contributed by atoms with E-state index >= 15 is 0 Å². The van der Waals surface area contributed by atoms with Crippen molar-refractivity contribution in [1.82, 2.24) is 8.75 Å². The standard InChI is InChI=1S/C52H62N6S4/c1-3-5-7-9-11-13-15-17-19-21-23-37-33-39(25-27-41(37)35-53)43-29-31-45(59-43)47-49-51(57-61-55-49)48(52-50(47)56-62-58-52)46-32-30-44(60-46)40-26-28-42(36-54)38(34-40)24-22-20-18-16-14-12-10-8-6-4-2/h25-34,55,57H,3-24H2,1-2H3. The molecule has 3 aromatic carbocycles. The van der Waals surface area contributed by atoms with Crippen molar-refractivity contribution in [3.8, 4) is 53.9 Å². The summed E-state index contributed by atoms with van der Waals surface area (Å²) in [7, 11) is 0. The first kappa shape index (κ1) is 45.8. The molecule has 2 N–H and O–H groups in total. The second-order valence-corrected chi connectivity index (χ2v) is 20.2. The Balaban J connectivity index is 1.04. The number of unbranched alkanes of at least 4 members (excludes halogenated alkanes) is 18. The van der Waals surface area contributed by atoms with Crippen molar-refractivity contribution in [2.75, 3.05) is 9.44 Å². The van der Waals surface area contributed by atoms with Crippen molar-refractivity contribution in [1.29, 1.82) is 10.5 Å². The molecule has 3 aromatic heterocycles. The molecule has 0 unspecified atom stereocenters. The summed E-state index contributed by atoms with van der Waals surface area (Å²) in [5.41, 5.74) is 12.2. The fraction of sp³-hybridized carbons (Fsp3) is 0.462. The molecule has 7 rings (SSSR count). The van der Waals surface area contributed by atoms with Crippen LogP contribution in [0.25, 0.3) is 52.8 Å². The number of rotatable bonds is 26. The van der Waals surface area contributed by atoms with Gasteiger partial charge in [-0.15, -0.1) is 22.7 Å². The maximum atomic E-state index is 9.95. The van der Waals surface area contributed by atoms with Gasteiger partial charge in [0.15, 0.2) is 0 Å². The Hall–Kier alpha value is -4.19. The summed E-state index contributed by atoms with van der Waals surface area (Å²) in [5, 5.41) is 19.9. The van der Waals surface area contributed by atoms with E-state index in [1.807, 2.05) is 12.1 Å². The monoisotopic (exact) mass is 898 g/mol. The number of nitrogens with one attached hydrogen (secondary N) is 2. The molecule has 0 atom stereocenters. The molecule has 1 aliphatic heterocycles. The molecule has 324 valence electrons. The summed E-state index contributed by atoms with van der Waals surface area (Å²) in [6, 6.07) is 26.4. The zero-order valence-corrected chi connectivity index (χ0v) is 40.0. The molecule has 0 bridgehead atoms. The van der Waals surface area contributed by atoms with Gasteiger partial charge < -0.3 is 9.44 Å². The minimum absolute atomic E-state index is 0.790. The average Bonchev–Trinajstić information content (AvgIpc) is 4.15. The van der Waals surface area contributed by atoms with Crippen molar-refractivity contribution in [2.45, 2.75) is 155 Å². The van der Waals surface area contributed by atoms with Crippen LogP contribution >= 0.6 is 46.5 Å². The lowest BCUT2D eigenvalue weighted by molar-refractivity contribution is 0.556. The Kier molecular flexibility index (Phi) is 17.8. The van der Waals surface area contributed by atoms with Gasteiger partial charge in [-0.25, -0.2) is 0 Å². The van der Waals surface area contributed by atoms with E-state index in [-0.39, 0.29) is 0 Å². The molecular weight excluding hydrogens is 837 g/mol. The first-order chi connectivity index (χ1) is 30.6. The van der Waals surface area contributed by atoms with Gasteiger partial charge in [0.1, 0.15) is 11.0 Å². The van der Waals surface area contributed by atoms with Gasteiger partial charge in [0, 0.05) is 30.6 Å². The highest BCUT2D eigenvalue weighted by Gasteiger charge is 2.29. The van der Waals surface area contributed by atoms with E-state index < -0.39 is 0 Å². The number of hydrogen-bond acceptors (Lipinski definition) is 10. The first-order valence-electron chi connectivity index (χ1n) is 23.4. The fourth-order valence-electron chi connectivity index (χ4n) is 8.80. The predicted molar refractivity (Wildman–Crippen MR) is 270 cm³/mol. The molecule has 0 radical (unpaired) electrons. The highest BCUT2D eigenvalue weighted by atomic mass is 32.2. The van der Waals surface area contributed by atoms with Crippen LogP contribution in [0.15, 0.2) is 60.7 Å². The lowest BCUT2D eigenvalue weighted by atomic mass is 9.98. The molecule has 6 nitrogen and oxygen atoms in total. The zero-order chi connectivity index (χ0) is 42.9. The molecule has 6 aromatic rings. The predicted octanol–water partition coefficient (Wildman–Crippen LogP) is 17.6. The van der Waals surface area contributed by atoms with Crippen LogP contribution < -0.4 is 9.44 Å². The summed E-state index contributed by atoms with van der Waals surface area (Å²) < 4.78 is 17.0. The highest BCUT2D eigenvalue weighted by Crippen LogP contribution is 2.54. The smallest absolute Gasteiger partial charge is 0.116 e. The van der Waals surface area contributed by atoms with Crippen molar-refractivity contribution in [3.05, 3.63) is 82.9 Å². The summed E-state index contributed by atoms with van der Waals surface area (Å²) in [4.78, 5) is 4.63. The molecule has 10 heteroatoms. The van der Waals surface area contributed by atoms with E-state index in [0.717, 1.165) is 102 Å². The number of fused-ring (bicyclic) bond motifs is 2. The number of aromatic nitrogens is 2. The summed E-state index contributed by atoms with van der Waals surface area (Å²) in [6.07, 6.45) is 28.0. The maximum absolute atomic E-state index is 9.95.